The van der Waals surface area contributed by atoms with Gasteiger partial charge in [-0.2, -0.15) is 0 Å². The van der Waals surface area contributed by atoms with Crippen molar-refractivity contribution in [2.75, 3.05) is 59.1 Å². The van der Waals surface area contributed by atoms with Crippen LogP contribution in [0.3, 0.4) is 0 Å². The van der Waals surface area contributed by atoms with Crippen LogP contribution in [0.2, 0.25) is 0 Å². The van der Waals surface area contributed by atoms with Gasteiger partial charge in [0.25, 0.3) is 0 Å². The second kappa shape index (κ2) is 13.1. The van der Waals surface area contributed by atoms with Gasteiger partial charge in [-0.1, -0.05) is 34.6 Å². The van der Waals surface area contributed by atoms with Crippen LogP contribution in [0.5, 0.6) is 0 Å². The molecule has 14 atom stereocenters. The van der Waals surface area contributed by atoms with Gasteiger partial charge in [0.15, 0.2) is 12.4 Å². The summed E-state index contributed by atoms with van der Waals surface area (Å²) in [7, 11) is 0. The van der Waals surface area contributed by atoms with E-state index in [9.17, 15) is 15.0 Å². The Hall–Kier alpha value is -0.850. The predicted octanol–water partition coefficient (Wildman–Crippen LogP) is 4.88. The molecule has 2 N–H and O–H groups in total. The molecule has 10 nitrogen and oxygen atoms in total. The van der Waals surface area contributed by atoms with E-state index in [1.54, 1.807) is 13.8 Å². The summed E-state index contributed by atoms with van der Waals surface area (Å²) in [6, 6.07) is 0. The second-order valence-electron chi connectivity index (χ2n) is 20.4. The van der Waals surface area contributed by atoms with E-state index in [2.05, 4.69) is 44.4 Å². The van der Waals surface area contributed by atoms with E-state index in [4.69, 9.17) is 23.7 Å². The minimum atomic E-state index is -1.25. The highest BCUT2D eigenvalue weighted by molar-refractivity contribution is 5.66. The lowest BCUT2D eigenvalue weighted by molar-refractivity contribution is -0.249. The molecule has 0 unspecified atom stereocenters. The molecule has 0 radical (unpaired) electrons. The van der Waals surface area contributed by atoms with Crippen LogP contribution in [-0.4, -0.2) is 127 Å². The number of ether oxygens (including phenoxy) is 5. The molecule has 3 heterocycles. The Balaban J connectivity index is 0.973. The van der Waals surface area contributed by atoms with E-state index in [1.807, 2.05) is 0 Å². The number of aliphatic hydroxyl groups excluding tert-OH is 1. The summed E-state index contributed by atoms with van der Waals surface area (Å²) in [5.41, 5.74) is -0.969. The molecule has 296 valence electrons. The highest BCUT2D eigenvalue weighted by atomic mass is 16.7. The summed E-state index contributed by atoms with van der Waals surface area (Å²) in [5, 5.41) is 23.7. The molecule has 5 aliphatic carbocycles. The Kier molecular flexibility index (Phi) is 9.59. The van der Waals surface area contributed by atoms with Crippen molar-refractivity contribution in [1.82, 2.24) is 9.80 Å². The van der Waals surface area contributed by atoms with Crippen molar-refractivity contribution in [2.24, 2.45) is 50.7 Å². The molecule has 2 spiro atoms. The number of fused-ring (bicyclic) bond motifs is 4. The van der Waals surface area contributed by atoms with Gasteiger partial charge in [-0.3, -0.25) is 14.6 Å². The van der Waals surface area contributed by atoms with Gasteiger partial charge < -0.3 is 33.9 Å². The first kappa shape index (κ1) is 38.0. The van der Waals surface area contributed by atoms with Crippen molar-refractivity contribution >= 4 is 5.97 Å². The number of hydrogen-bond donors (Lipinski definition) is 2. The maximum absolute atomic E-state index is 12.6. The fourth-order valence-corrected chi connectivity index (χ4v) is 14.8. The molecular weight excluding hydrogens is 660 g/mol. The smallest absolute Gasteiger partial charge is 0.303 e. The molecule has 0 bridgehead atoms. The maximum Gasteiger partial charge on any atom is 0.303 e. The van der Waals surface area contributed by atoms with Crippen LogP contribution in [0.1, 0.15) is 107 Å². The van der Waals surface area contributed by atoms with Gasteiger partial charge in [0.2, 0.25) is 0 Å². The number of carbonyl (C=O) groups excluding carboxylic acids is 1. The molecule has 0 aromatic carbocycles. The number of nitrogens with zero attached hydrogens (tertiary/aromatic N) is 2. The molecule has 8 aliphatic rings. The van der Waals surface area contributed by atoms with Crippen molar-refractivity contribution in [3.8, 4) is 0 Å². The molecule has 8 fully saturated rings. The van der Waals surface area contributed by atoms with Crippen LogP contribution < -0.4 is 0 Å². The van der Waals surface area contributed by atoms with Crippen molar-refractivity contribution in [1.29, 1.82) is 0 Å². The Morgan fingerprint density at radius 3 is 2.33 bits per heavy atom. The van der Waals surface area contributed by atoms with Gasteiger partial charge in [-0.15, -0.1) is 0 Å². The molecular formula is C42H70N2O8. The SMILES string of the molecule is CC(=O)O[C@@H]([C@H]1C[C@@H](C)[C@H]2[C@H](O1)[C@H](O)[C@@]1(C)[C@@H]3CC[C@H]4C(C)(C)[C@@H](O[C@H]5CN(CCN6CCOCC6)CCO5)CC[C@@]45C[C@@]35CC[C@]21C)C(C)(C)O. The van der Waals surface area contributed by atoms with Crippen LogP contribution in [0.25, 0.3) is 0 Å². The first-order valence-electron chi connectivity index (χ1n) is 21.0. The molecule has 3 aliphatic heterocycles. The fourth-order valence-electron chi connectivity index (χ4n) is 14.8. The molecule has 0 aromatic heterocycles. The van der Waals surface area contributed by atoms with Gasteiger partial charge in [-0.05, 0) is 111 Å². The van der Waals surface area contributed by atoms with Crippen molar-refractivity contribution < 1.29 is 38.7 Å². The Morgan fingerprint density at radius 2 is 1.62 bits per heavy atom. The first-order valence-corrected chi connectivity index (χ1v) is 21.0. The number of esters is 1. The molecule has 0 amide bonds. The quantitative estimate of drug-likeness (QED) is 0.336. The van der Waals surface area contributed by atoms with Crippen LogP contribution in [0.4, 0.5) is 0 Å². The highest BCUT2D eigenvalue weighted by Gasteiger charge is 2.84. The van der Waals surface area contributed by atoms with E-state index < -0.39 is 29.9 Å². The average molecular weight is 731 g/mol. The molecule has 52 heavy (non-hydrogen) atoms. The van der Waals surface area contributed by atoms with Gasteiger partial charge in [0.1, 0.15) is 0 Å². The maximum atomic E-state index is 12.6. The molecule has 0 aromatic rings. The van der Waals surface area contributed by atoms with Crippen LogP contribution in [0.15, 0.2) is 0 Å². The summed E-state index contributed by atoms with van der Waals surface area (Å²) in [5.74, 6) is 1.11. The normalized spacial score (nSPS) is 49.5. The van der Waals surface area contributed by atoms with E-state index in [1.165, 1.54) is 32.6 Å². The zero-order valence-corrected chi connectivity index (χ0v) is 33.5. The van der Waals surface area contributed by atoms with Crippen molar-refractivity contribution in [2.45, 2.75) is 149 Å². The van der Waals surface area contributed by atoms with E-state index >= 15 is 0 Å². The number of aliphatic hydroxyl groups is 2. The summed E-state index contributed by atoms with van der Waals surface area (Å²) in [6.45, 7) is 25.3. The van der Waals surface area contributed by atoms with E-state index in [0.29, 0.717) is 23.7 Å². The number of hydrogen-bond acceptors (Lipinski definition) is 10. The predicted molar refractivity (Wildman–Crippen MR) is 196 cm³/mol. The summed E-state index contributed by atoms with van der Waals surface area (Å²) < 4.78 is 31.4. The second-order valence-corrected chi connectivity index (χ2v) is 20.4. The Morgan fingerprint density at radius 1 is 0.942 bits per heavy atom. The third-order valence-electron chi connectivity index (χ3n) is 17.4. The summed E-state index contributed by atoms with van der Waals surface area (Å²) >= 11 is 0. The Labute approximate surface area is 312 Å². The lowest BCUT2D eigenvalue weighted by Crippen LogP contribution is -2.60. The van der Waals surface area contributed by atoms with Crippen LogP contribution in [-0.2, 0) is 28.5 Å². The summed E-state index contributed by atoms with van der Waals surface area (Å²) in [6.07, 6.45) is 6.74. The van der Waals surface area contributed by atoms with Gasteiger partial charge >= 0.3 is 5.97 Å². The van der Waals surface area contributed by atoms with Crippen LogP contribution in [0, 0.1) is 50.7 Å². The zero-order chi connectivity index (χ0) is 37.1. The molecule has 3 saturated heterocycles. The minimum absolute atomic E-state index is 0.0454. The van der Waals surface area contributed by atoms with Gasteiger partial charge in [-0.25, -0.2) is 0 Å². The van der Waals surface area contributed by atoms with E-state index in [0.717, 1.165) is 78.4 Å². The van der Waals surface area contributed by atoms with Gasteiger partial charge in [0.05, 0.1) is 49.8 Å². The number of rotatable bonds is 8. The van der Waals surface area contributed by atoms with Crippen molar-refractivity contribution in [3.63, 3.8) is 0 Å². The van der Waals surface area contributed by atoms with Gasteiger partial charge in [0, 0.05) is 51.6 Å². The standard InChI is InChI=1S/C42H70N2O8/c1-26-23-28(36(38(5,6)47)50-27(2)45)51-34-33(26)39(7)13-14-42-25-41(42)12-11-31(37(3,4)29(41)9-10-30(42)40(39,8)35(34)46)52-32-24-44(19-22-49-32)16-15-43-17-20-48-21-18-43/h26,28-36,46-47H,9-25H2,1-8H3/t26-,28-,29+,30+,31+,32+,33+,34+,35+,36+,39-,40-,41-,42+/m1/s1. The van der Waals surface area contributed by atoms with Crippen molar-refractivity contribution in [3.05, 3.63) is 0 Å². The molecule has 5 saturated carbocycles. The number of morpholine rings is 2. The largest absolute Gasteiger partial charge is 0.457 e. The molecule has 10 heteroatoms. The Bertz CT molecular complexity index is 1350. The third kappa shape index (κ3) is 5.64. The topological polar surface area (TPSA) is 110 Å². The summed E-state index contributed by atoms with van der Waals surface area (Å²) in [4.78, 5) is 17.2. The zero-order valence-electron chi connectivity index (χ0n) is 33.5. The first-order chi connectivity index (χ1) is 24.5. The third-order valence-corrected chi connectivity index (χ3v) is 17.4. The average Bonchev–Trinajstić information content (AvgIpc) is 3.72. The lowest BCUT2D eigenvalue weighted by Gasteiger charge is -2.64. The monoisotopic (exact) mass is 731 g/mol. The van der Waals surface area contributed by atoms with Crippen LogP contribution >= 0.6 is 0 Å². The lowest BCUT2D eigenvalue weighted by atomic mass is 9.41. The molecule has 8 rings (SSSR count). The fraction of sp³-hybridized carbons (Fsp3) is 0.976. The highest BCUT2D eigenvalue weighted by Crippen LogP contribution is 2.89. The minimum Gasteiger partial charge on any atom is -0.457 e. The number of carbonyl (C=O) groups is 1. The van der Waals surface area contributed by atoms with E-state index in [-0.39, 0.29) is 52.0 Å².